The molecular weight excluding hydrogens is 440 g/mol. The first-order valence-electron chi connectivity index (χ1n) is 13.3. The molecule has 0 spiro atoms. The first-order valence-corrected chi connectivity index (χ1v) is 13.3. The molecule has 1 aromatic heterocycles. The van der Waals surface area contributed by atoms with Crippen LogP contribution in [0.25, 0.3) is 6.08 Å². The fraction of sp³-hybridized carbons (Fsp3) is 0.690. The number of nitrogens with one attached hydrogen (secondary N) is 1. The average Bonchev–Trinajstić information content (AvgIpc) is 3.73. The van der Waals surface area contributed by atoms with Gasteiger partial charge in [-0.05, 0) is 50.3 Å². The molecule has 1 N–H and O–H groups in total. The number of amides is 1. The minimum atomic E-state index is -0.490. The van der Waals surface area contributed by atoms with Gasteiger partial charge in [0.15, 0.2) is 0 Å². The Bertz CT molecular complexity index is 926. The third-order valence-electron chi connectivity index (χ3n) is 8.33. The third kappa shape index (κ3) is 6.79. The molecule has 3 fully saturated rings. The van der Waals surface area contributed by atoms with Crippen LogP contribution < -0.4 is 5.32 Å². The molecule has 1 aromatic rings. The van der Waals surface area contributed by atoms with Crippen LogP contribution in [0.2, 0.25) is 0 Å². The van der Waals surface area contributed by atoms with Crippen molar-refractivity contribution in [3.05, 3.63) is 36.2 Å². The van der Waals surface area contributed by atoms with E-state index >= 15 is 0 Å². The molecule has 0 aromatic carbocycles. The highest BCUT2D eigenvalue weighted by molar-refractivity contribution is 5.85. The Morgan fingerprint density at radius 2 is 1.94 bits per heavy atom. The molecule has 0 aliphatic carbocycles. The smallest absolute Gasteiger partial charge is 0.220 e. The van der Waals surface area contributed by atoms with Gasteiger partial charge in [0.05, 0.1) is 30.0 Å². The number of nitrogens with zero attached hydrogens (tertiary/aromatic N) is 1. The molecule has 0 saturated carbocycles. The molecule has 6 nitrogen and oxygen atoms in total. The van der Waals surface area contributed by atoms with Crippen LogP contribution in [0, 0.1) is 11.3 Å². The Morgan fingerprint density at radius 1 is 1.14 bits per heavy atom. The topological polar surface area (TPSA) is 84.1 Å². The minimum absolute atomic E-state index is 0.0258. The van der Waals surface area contributed by atoms with E-state index in [-0.39, 0.29) is 35.0 Å². The molecule has 5 unspecified atom stereocenters. The van der Waals surface area contributed by atoms with E-state index in [9.17, 15) is 9.59 Å². The fourth-order valence-electron chi connectivity index (χ4n) is 5.54. The molecule has 192 valence electrons. The van der Waals surface area contributed by atoms with E-state index in [1.54, 1.807) is 6.20 Å². The zero-order valence-electron chi connectivity index (χ0n) is 21.8. The summed E-state index contributed by atoms with van der Waals surface area (Å²) in [6.45, 7) is 9.21. The van der Waals surface area contributed by atoms with Crippen molar-refractivity contribution in [2.24, 2.45) is 11.3 Å². The monoisotopic (exact) mass is 482 g/mol. The van der Waals surface area contributed by atoms with Gasteiger partial charge in [-0.25, -0.2) is 0 Å². The summed E-state index contributed by atoms with van der Waals surface area (Å²) in [4.78, 5) is 30.3. The van der Waals surface area contributed by atoms with E-state index in [4.69, 9.17) is 9.47 Å². The maximum Gasteiger partial charge on any atom is 0.220 e. The number of hydrogen-bond donors (Lipinski definition) is 1. The number of epoxide rings is 2. The van der Waals surface area contributed by atoms with E-state index in [0.717, 1.165) is 44.4 Å². The van der Waals surface area contributed by atoms with Crippen molar-refractivity contribution in [2.75, 3.05) is 6.61 Å². The molecule has 4 heterocycles. The van der Waals surface area contributed by atoms with Gasteiger partial charge in [0.1, 0.15) is 11.4 Å². The van der Waals surface area contributed by atoms with Gasteiger partial charge in [-0.15, -0.1) is 0 Å². The molecule has 5 atom stereocenters. The second-order valence-electron chi connectivity index (χ2n) is 11.8. The number of rotatable bonds is 4. The molecule has 0 bridgehead atoms. The number of carbonyl (C=O) groups excluding carboxylic acids is 2. The molecule has 6 heteroatoms. The van der Waals surface area contributed by atoms with Gasteiger partial charge in [0, 0.05) is 37.3 Å². The van der Waals surface area contributed by atoms with Gasteiger partial charge in [0.2, 0.25) is 5.91 Å². The Kier molecular flexibility index (Phi) is 7.82. The highest BCUT2D eigenvalue weighted by Crippen LogP contribution is 2.58. The first-order chi connectivity index (χ1) is 16.6. The van der Waals surface area contributed by atoms with Crippen LogP contribution in [0.1, 0.15) is 91.2 Å². The predicted octanol–water partition coefficient (Wildman–Crippen LogP) is 5.26. The molecule has 4 rings (SSSR count). The normalized spacial score (nSPS) is 36.4. The molecule has 3 aliphatic rings. The van der Waals surface area contributed by atoms with Crippen molar-refractivity contribution in [3.63, 3.8) is 0 Å². The second-order valence-corrected chi connectivity index (χ2v) is 11.8. The lowest BCUT2D eigenvalue weighted by Crippen LogP contribution is -2.40. The van der Waals surface area contributed by atoms with E-state index in [1.807, 2.05) is 44.2 Å². The summed E-state index contributed by atoms with van der Waals surface area (Å²) < 4.78 is 12.1. The zero-order valence-corrected chi connectivity index (χ0v) is 21.8. The van der Waals surface area contributed by atoms with Crippen molar-refractivity contribution in [3.8, 4) is 0 Å². The van der Waals surface area contributed by atoms with E-state index in [2.05, 4.69) is 24.1 Å². The third-order valence-corrected chi connectivity index (χ3v) is 8.33. The quantitative estimate of drug-likeness (QED) is 0.592. The van der Waals surface area contributed by atoms with Gasteiger partial charge >= 0.3 is 0 Å². The number of ether oxygens (including phenoxy) is 2. The molecular formula is C29H42N2O4. The Balaban J connectivity index is 1.55. The maximum atomic E-state index is 13.0. The van der Waals surface area contributed by atoms with Gasteiger partial charge in [-0.1, -0.05) is 45.8 Å². The molecule has 1 amide bonds. The standard InChI is InChI=1S/C29H42N2O4/c1-21-8-7-15-28(4)29(35-28,19-24-20-34-24)18-23(12-11-22-9-5-6-17-30-22)31-26(33)14-16-27(2,3)25(32)13-10-21/h5-6,9,11-12,17,21,23-24H,7-8,10,13-16,18-20H2,1-4H3,(H,31,33). The second kappa shape index (κ2) is 10.5. The SMILES string of the molecule is CC1CCCC2(C)OC2(CC2CO2)CC(C=Cc2ccccn2)NC(=O)CCC(C)(C)C(=O)CC1. The van der Waals surface area contributed by atoms with Crippen LogP contribution in [0.4, 0.5) is 0 Å². The van der Waals surface area contributed by atoms with Crippen molar-refractivity contribution in [2.45, 2.75) is 109 Å². The molecule has 3 aliphatic heterocycles. The molecule has 3 saturated heterocycles. The summed E-state index contributed by atoms with van der Waals surface area (Å²) in [6.07, 6.45) is 13.1. The van der Waals surface area contributed by atoms with Gasteiger partial charge in [0.25, 0.3) is 0 Å². The Morgan fingerprint density at radius 3 is 2.66 bits per heavy atom. The van der Waals surface area contributed by atoms with Crippen molar-refractivity contribution in [1.29, 1.82) is 0 Å². The summed E-state index contributed by atoms with van der Waals surface area (Å²) in [7, 11) is 0. The lowest BCUT2D eigenvalue weighted by molar-refractivity contribution is -0.128. The maximum absolute atomic E-state index is 13.0. The summed E-state index contributed by atoms with van der Waals surface area (Å²) in [6, 6.07) is 5.62. The van der Waals surface area contributed by atoms with E-state index in [0.29, 0.717) is 31.6 Å². The number of fused-ring (bicyclic) bond motifs is 1. The van der Waals surface area contributed by atoms with Crippen molar-refractivity contribution >= 4 is 17.8 Å². The zero-order chi connectivity index (χ0) is 25.1. The number of hydrogen-bond acceptors (Lipinski definition) is 5. The lowest BCUT2D eigenvalue weighted by Gasteiger charge is -2.26. The largest absolute Gasteiger partial charge is 0.373 e. The number of ketones is 1. The number of Topliss-reactive ketones (excluding diaryl/α,β-unsaturated/α-hetero) is 1. The van der Waals surface area contributed by atoms with Crippen LogP contribution in [-0.2, 0) is 19.1 Å². The van der Waals surface area contributed by atoms with Crippen molar-refractivity contribution in [1.82, 2.24) is 10.3 Å². The fourth-order valence-corrected chi connectivity index (χ4v) is 5.54. The van der Waals surface area contributed by atoms with Gasteiger partial charge < -0.3 is 14.8 Å². The molecule has 35 heavy (non-hydrogen) atoms. The Hall–Kier alpha value is -2.05. The summed E-state index contributed by atoms with van der Waals surface area (Å²) in [5.74, 6) is 0.738. The average molecular weight is 483 g/mol. The van der Waals surface area contributed by atoms with Crippen LogP contribution in [-0.4, -0.2) is 46.6 Å². The predicted molar refractivity (Wildman–Crippen MR) is 137 cm³/mol. The lowest BCUT2D eigenvalue weighted by atomic mass is 9.79. The van der Waals surface area contributed by atoms with E-state index < -0.39 is 5.41 Å². The highest BCUT2D eigenvalue weighted by Gasteiger charge is 2.67. The summed E-state index contributed by atoms with van der Waals surface area (Å²) >= 11 is 0. The van der Waals surface area contributed by atoms with Gasteiger partial charge in [-0.3, -0.25) is 14.6 Å². The van der Waals surface area contributed by atoms with E-state index in [1.165, 1.54) is 0 Å². The van der Waals surface area contributed by atoms with Crippen LogP contribution >= 0.6 is 0 Å². The van der Waals surface area contributed by atoms with Crippen LogP contribution in [0.3, 0.4) is 0 Å². The highest BCUT2D eigenvalue weighted by atomic mass is 16.6. The minimum Gasteiger partial charge on any atom is -0.373 e. The first kappa shape index (κ1) is 26.0. The number of pyridine rings is 1. The summed E-state index contributed by atoms with van der Waals surface area (Å²) in [5, 5.41) is 3.24. The van der Waals surface area contributed by atoms with Crippen LogP contribution in [0.5, 0.6) is 0 Å². The number of aromatic nitrogens is 1. The Labute approximate surface area is 210 Å². The number of carbonyl (C=O) groups is 2. The molecule has 0 radical (unpaired) electrons. The van der Waals surface area contributed by atoms with Crippen LogP contribution in [0.15, 0.2) is 30.5 Å². The van der Waals surface area contributed by atoms with Gasteiger partial charge in [-0.2, -0.15) is 0 Å². The summed E-state index contributed by atoms with van der Waals surface area (Å²) in [5.41, 5.74) is -0.143. The van der Waals surface area contributed by atoms with Crippen molar-refractivity contribution < 1.29 is 19.1 Å².